The molecule has 0 unspecified atom stereocenters. The van der Waals surface area contributed by atoms with Gasteiger partial charge in [0.15, 0.2) is 0 Å². The smallest absolute Gasteiger partial charge is 0.310 e. The van der Waals surface area contributed by atoms with Crippen molar-refractivity contribution in [3.8, 4) is 0 Å². The molecule has 0 aliphatic heterocycles. The molecule has 17 heavy (non-hydrogen) atoms. The molecule has 0 aromatic carbocycles. The van der Waals surface area contributed by atoms with Crippen molar-refractivity contribution in [1.82, 2.24) is 4.98 Å². The molecule has 6 heteroatoms. The Morgan fingerprint density at radius 1 is 1.59 bits per heavy atom. The van der Waals surface area contributed by atoms with Crippen molar-refractivity contribution in [2.75, 3.05) is 6.61 Å². The van der Waals surface area contributed by atoms with E-state index in [-0.39, 0.29) is 24.3 Å². The molecule has 1 aromatic heterocycles. The molecular weight excluding hydrogens is 296 g/mol. The zero-order valence-electron chi connectivity index (χ0n) is 9.47. The molecule has 94 valence electrons. The number of carbonyl (C=O) groups excluding carboxylic acids is 1. The zero-order valence-corrected chi connectivity index (χ0v) is 11.1. The van der Waals surface area contributed by atoms with E-state index < -0.39 is 12.4 Å². The van der Waals surface area contributed by atoms with Crippen molar-refractivity contribution < 1.29 is 18.3 Å². The van der Waals surface area contributed by atoms with Gasteiger partial charge in [-0.15, -0.1) is 0 Å². The maximum absolute atomic E-state index is 12.7. The van der Waals surface area contributed by atoms with Crippen LogP contribution in [-0.4, -0.2) is 17.6 Å². The van der Waals surface area contributed by atoms with Crippen molar-refractivity contribution in [2.45, 2.75) is 26.7 Å². The highest BCUT2D eigenvalue weighted by molar-refractivity contribution is 9.10. The summed E-state index contributed by atoms with van der Waals surface area (Å²) in [4.78, 5) is 15.0. The van der Waals surface area contributed by atoms with Crippen molar-refractivity contribution in [2.24, 2.45) is 0 Å². The van der Waals surface area contributed by atoms with E-state index in [2.05, 4.69) is 20.9 Å². The molecule has 0 radical (unpaired) electrons. The number of rotatable bonds is 4. The zero-order chi connectivity index (χ0) is 13.0. The third-order valence-electron chi connectivity index (χ3n) is 2.27. The van der Waals surface area contributed by atoms with Gasteiger partial charge in [-0.05, 0) is 40.9 Å². The van der Waals surface area contributed by atoms with Gasteiger partial charge in [0.1, 0.15) is 5.69 Å². The molecule has 0 bridgehead atoms. The molecule has 0 saturated carbocycles. The summed E-state index contributed by atoms with van der Waals surface area (Å²) in [5, 5.41) is 0. The van der Waals surface area contributed by atoms with Crippen molar-refractivity contribution in [3.05, 3.63) is 27.5 Å². The predicted molar refractivity (Wildman–Crippen MR) is 62.0 cm³/mol. The molecule has 0 N–H and O–H groups in total. The number of hydrogen-bond donors (Lipinski definition) is 0. The summed E-state index contributed by atoms with van der Waals surface area (Å²) in [6.45, 7) is 3.55. The summed E-state index contributed by atoms with van der Waals surface area (Å²) in [6.07, 6.45) is -1.58. The van der Waals surface area contributed by atoms with Crippen LogP contribution in [0.2, 0.25) is 0 Å². The summed E-state index contributed by atoms with van der Waals surface area (Å²) in [7, 11) is 0. The van der Waals surface area contributed by atoms with E-state index in [1.54, 1.807) is 13.8 Å². The Hall–Kier alpha value is -1.04. The number of hydrogen-bond acceptors (Lipinski definition) is 3. The van der Waals surface area contributed by atoms with Gasteiger partial charge < -0.3 is 4.74 Å². The third-order valence-corrected chi connectivity index (χ3v) is 3.07. The van der Waals surface area contributed by atoms with E-state index in [0.717, 1.165) is 0 Å². The van der Waals surface area contributed by atoms with Gasteiger partial charge in [-0.3, -0.25) is 9.78 Å². The van der Waals surface area contributed by atoms with E-state index in [1.807, 2.05) is 0 Å². The van der Waals surface area contributed by atoms with Crippen molar-refractivity contribution >= 4 is 21.9 Å². The summed E-state index contributed by atoms with van der Waals surface area (Å²) >= 11 is 3.20. The largest absolute Gasteiger partial charge is 0.466 e. The van der Waals surface area contributed by atoms with Crippen molar-refractivity contribution in [1.29, 1.82) is 0 Å². The maximum atomic E-state index is 12.7. The summed E-state index contributed by atoms with van der Waals surface area (Å²) < 4.78 is 30.8. The second-order valence-electron chi connectivity index (χ2n) is 3.38. The summed E-state index contributed by atoms with van der Waals surface area (Å²) in [5.74, 6) is -0.530. The average Bonchev–Trinajstić information content (AvgIpc) is 2.25. The first-order valence-electron chi connectivity index (χ1n) is 5.05. The summed E-state index contributed by atoms with van der Waals surface area (Å²) in [6, 6.07) is 0. The molecular formula is C11H12BrF2NO2. The van der Waals surface area contributed by atoms with Crippen LogP contribution in [0.1, 0.15) is 30.2 Å². The highest BCUT2D eigenvalue weighted by Gasteiger charge is 2.20. The number of esters is 1. The molecule has 0 fully saturated rings. The quantitative estimate of drug-likeness (QED) is 0.802. The molecule has 3 nitrogen and oxygen atoms in total. The third kappa shape index (κ3) is 3.46. The fourth-order valence-corrected chi connectivity index (χ4v) is 1.75. The van der Waals surface area contributed by atoms with Gasteiger partial charge in [-0.25, -0.2) is 8.78 Å². The Kier molecular flexibility index (Phi) is 4.99. The molecule has 1 aromatic rings. The molecule has 1 heterocycles. The number of aromatic nitrogens is 1. The molecule has 0 aliphatic rings. The Labute approximate surface area is 106 Å². The SMILES string of the molecule is CCOC(=O)Cc1c(C(F)F)ncc(Br)c1C. The number of halogens is 3. The lowest BCUT2D eigenvalue weighted by Gasteiger charge is -2.12. The van der Waals surface area contributed by atoms with E-state index >= 15 is 0 Å². The normalized spacial score (nSPS) is 10.7. The second kappa shape index (κ2) is 6.05. The Bertz CT molecular complexity index is 424. The van der Waals surface area contributed by atoms with Gasteiger partial charge >= 0.3 is 5.97 Å². The molecule has 0 amide bonds. The van der Waals surface area contributed by atoms with Crippen LogP contribution in [0.4, 0.5) is 8.78 Å². The number of pyridine rings is 1. The fourth-order valence-electron chi connectivity index (χ4n) is 1.40. The van der Waals surface area contributed by atoms with Crippen LogP contribution in [0.25, 0.3) is 0 Å². The van der Waals surface area contributed by atoms with Crippen LogP contribution in [0.15, 0.2) is 10.7 Å². The number of ether oxygens (including phenoxy) is 1. The van der Waals surface area contributed by atoms with E-state index in [9.17, 15) is 13.6 Å². The second-order valence-corrected chi connectivity index (χ2v) is 4.23. The minimum Gasteiger partial charge on any atom is -0.466 e. The lowest BCUT2D eigenvalue weighted by atomic mass is 10.0. The molecule has 0 atom stereocenters. The van der Waals surface area contributed by atoms with E-state index in [1.165, 1.54) is 6.20 Å². The first kappa shape index (κ1) is 14.0. The lowest BCUT2D eigenvalue weighted by Crippen LogP contribution is -2.12. The minimum absolute atomic E-state index is 0.189. The van der Waals surface area contributed by atoms with Gasteiger partial charge in [0.2, 0.25) is 0 Å². The van der Waals surface area contributed by atoms with Gasteiger partial charge in [-0.2, -0.15) is 0 Å². The van der Waals surface area contributed by atoms with Crippen LogP contribution in [0, 0.1) is 6.92 Å². The van der Waals surface area contributed by atoms with Crippen LogP contribution < -0.4 is 0 Å². The van der Waals surface area contributed by atoms with Gasteiger partial charge in [0.05, 0.1) is 13.0 Å². The van der Waals surface area contributed by atoms with Crippen LogP contribution in [0.5, 0.6) is 0 Å². The Morgan fingerprint density at radius 2 is 2.24 bits per heavy atom. The molecule has 0 saturated heterocycles. The number of nitrogens with zero attached hydrogens (tertiary/aromatic N) is 1. The van der Waals surface area contributed by atoms with Gasteiger partial charge in [0, 0.05) is 10.7 Å². The van der Waals surface area contributed by atoms with Gasteiger partial charge in [0.25, 0.3) is 6.43 Å². The number of carbonyl (C=O) groups is 1. The Morgan fingerprint density at radius 3 is 2.76 bits per heavy atom. The van der Waals surface area contributed by atoms with E-state index in [4.69, 9.17) is 4.74 Å². The lowest BCUT2D eigenvalue weighted by molar-refractivity contribution is -0.142. The first-order valence-corrected chi connectivity index (χ1v) is 5.84. The molecule has 0 spiro atoms. The van der Waals surface area contributed by atoms with E-state index in [0.29, 0.717) is 10.0 Å². The maximum Gasteiger partial charge on any atom is 0.310 e. The first-order chi connectivity index (χ1) is 7.97. The molecule has 0 aliphatic carbocycles. The summed E-state index contributed by atoms with van der Waals surface area (Å²) in [5.41, 5.74) is 0.454. The standard InChI is InChI=1S/C11H12BrF2NO2/c1-3-17-9(16)4-7-6(2)8(12)5-15-10(7)11(13)14/h5,11H,3-4H2,1-2H3. The highest BCUT2D eigenvalue weighted by Crippen LogP contribution is 2.28. The van der Waals surface area contributed by atoms with Crippen LogP contribution in [0.3, 0.4) is 0 Å². The minimum atomic E-state index is -2.70. The van der Waals surface area contributed by atoms with Crippen LogP contribution in [-0.2, 0) is 16.0 Å². The monoisotopic (exact) mass is 307 g/mol. The fraction of sp³-hybridized carbons (Fsp3) is 0.455. The average molecular weight is 308 g/mol. The topological polar surface area (TPSA) is 39.2 Å². The van der Waals surface area contributed by atoms with Crippen molar-refractivity contribution in [3.63, 3.8) is 0 Å². The Balaban J connectivity index is 3.10. The predicted octanol–water partition coefficient (Wildman–Crippen LogP) is 3.20. The highest BCUT2D eigenvalue weighted by atomic mass is 79.9. The van der Waals surface area contributed by atoms with Crippen LogP contribution >= 0.6 is 15.9 Å². The molecule has 1 rings (SSSR count). The van der Waals surface area contributed by atoms with Gasteiger partial charge in [-0.1, -0.05) is 0 Å². The number of alkyl halides is 2.